The average molecular weight is 615 g/mol. The summed E-state index contributed by atoms with van der Waals surface area (Å²) in [7, 11) is -3.96. The number of carbonyl (C=O) groups excluding carboxylic acids is 1. The standard InChI is InChI=1S/C27H27ClN6O5S2/c1-14-26(41(29,37)38)40-24(30-14)20-10-23-21(11-22(20)32-18-7-8-33-19(9-18)13-39-27(33)36)25(35)34(15(2)31-23)12-16-3-5-17(28)6-4-16/h3-6,10-11,18-19,32H,7-9,12-13H2,1-2H3,(H2,29,37,38)/t18-,19-/m0/s1. The Labute approximate surface area is 245 Å². The van der Waals surface area contributed by atoms with Crippen LogP contribution in [-0.2, 0) is 21.3 Å². The van der Waals surface area contributed by atoms with Gasteiger partial charge in [0.2, 0.25) is 10.0 Å². The number of thiazole rings is 1. The minimum atomic E-state index is -3.96. The van der Waals surface area contributed by atoms with Crippen LogP contribution in [0, 0.1) is 13.8 Å². The normalized spacial score (nSPS) is 18.9. The summed E-state index contributed by atoms with van der Waals surface area (Å²) < 4.78 is 31.1. The first kappa shape index (κ1) is 27.6. The molecule has 0 spiro atoms. The third kappa shape index (κ3) is 5.30. The molecule has 3 N–H and O–H groups in total. The maximum absolute atomic E-state index is 13.8. The van der Waals surface area contributed by atoms with Gasteiger partial charge in [0.05, 0.1) is 29.2 Å². The molecule has 0 saturated carbocycles. The van der Waals surface area contributed by atoms with Crippen LogP contribution < -0.4 is 16.0 Å². The maximum Gasteiger partial charge on any atom is 0.410 e. The summed E-state index contributed by atoms with van der Waals surface area (Å²) in [5, 5.41) is 10.5. The Morgan fingerprint density at radius 1 is 1.17 bits per heavy atom. The van der Waals surface area contributed by atoms with E-state index in [1.807, 2.05) is 12.1 Å². The molecule has 4 aromatic rings. The first-order valence-corrected chi connectivity index (χ1v) is 15.7. The number of benzene rings is 2. The zero-order valence-electron chi connectivity index (χ0n) is 22.3. The van der Waals surface area contributed by atoms with E-state index in [9.17, 15) is 18.0 Å². The van der Waals surface area contributed by atoms with E-state index < -0.39 is 10.0 Å². The predicted molar refractivity (Wildman–Crippen MR) is 157 cm³/mol. The smallest absolute Gasteiger partial charge is 0.410 e. The monoisotopic (exact) mass is 614 g/mol. The number of primary sulfonamides is 1. The minimum absolute atomic E-state index is 0.0176. The summed E-state index contributed by atoms with van der Waals surface area (Å²) in [6.07, 6.45) is 1.04. The number of hydrogen-bond donors (Lipinski definition) is 2. The van der Waals surface area contributed by atoms with Crippen LogP contribution in [-0.4, -0.2) is 59.2 Å². The molecule has 2 atom stereocenters. The van der Waals surface area contributed by atoms with Crippen LogP contribution in [0.2, 0.25) is 5.02 Å². The summed E-state index contributed by atoms with van der Waals surface area (Å²) >= 11 is 7.01. The quantitative estimate of drug-likeness (QED) is 0.332. The van der Waals surface area contributed by atoms with Crippen molar-refractivity contribution in [3.05, 3.63) is 68.9 Å². The zero-order valence-corrected chi connectivity index (χ0v) is 24.6. The Kier molecular flexibility index (Phi) is 7.00. The highest BCUT2D eigenvalue weighted by molar-refractivity contribution is 7.91. The van der Waals surface area contributed by atoms with Crippen LogP contribution in [0.4, 0.5) is 10.5 Å². The number of ether oxygens (including phenoxy) is 1. The highest BCUT2D eigenvalue weighted by atomic mass is 35.5. The number of fused-ring (bicyclic) bond motifs is 2. The number of nitrogens with zero attached hydrogens (tertiary/aromatic N) is 4. The van der Waals surface area contributed by atoms with E-state index in [1.165, 1.54) is 0 Å². The van der Waals surface area contributed by atoms with Gasteiger partial charge in [-0.2, -0.15) is 0 Å². The lowest BCUT2D eigenvalue weighted by atomic mass is 9.97. The summed E-state index contributed by atoms with van der Waals surface area (Å²) in [4.78, 5) is 36.8. The molecule has 2 aliphatic rings. The Bertz CT molecular complexity index is 1850. The van der Waals surface area contributed by atoms with E-state index in [-0.39, 0.29) is 27.9 Å². The number of nitrogens with one attached hydrogen (secondary N) is 1. The molecule has 0 bridgehead atoms. The highest BCUT2D eigenvalue weighted by Gasteiger charge is 2.38. The number of hydrogen-bond acceptors (Lipinski definition) is 9. The number of sulfonamides is 1. The second kappa shape index (κ2) is 10.4. The Morgan fingerprint density at radius 2 is 1.93 bits per heavy atom. The van der Waals surface area contributed by atoms with Crippen molar-refractivity contribution in [2.45, 2.75) is 49.5 Å². The summed E-state index contributed by atoms with van der Waals surface area (Å²) in [6.45, 7) is 4.58. The lowest BCUT2D eigenvalue weighted by Gasteiger charge is -2.33. The average Bonchev–Trinajstić information content (AvgIpc) is 3.50. The van der Waals surface area contributed by atoms with Crippen molar-refractivity contribution in [3.8, 4) is 10.6 Å². The van der Waals surface area contributed by atoms with Gasteiger partial charge in [-0.3, -0.25) is 9.36 Å². The lowest BCUT2D eigenvalue weighted by Crippen LogP contribution is -2.45. The zero-order chi connectivity index (χ0) is 29.1. The van der Waals surface area contributed by atoms with E-state index >= 15 is 0 Å². The molecule has 2 aliphatic heterocycles. The molecule has 2 saturated heterocycles. The number of piperidine rings is 1. The first-order chi connectivity index (χ1) is 19.5. The highest BCUT2D eigenvalue weighted by Crippen LogP contribution is 2.38. The topological polar surface area (TPSA) is 150 Å². The van der Waals surface area contributed by atoms with Gasteiger partial charge in [-0.05, 0) is 56.5 Å². The maximum atomic E-state index is 13.8. The van der Waals surface area contributed by atoms with Crippen LogP contribution >= 0.6 is 22.9 Å². The number of aryl methyl sites for hydroxylation is 2. The van der Waals surface area contributed by atoms with Gasteiger partial charge in [-0.15, -0.1) is 11.3 Å². The van der Waals surface area contributed by atoms with E-state index in [4.69, 9.17) is 26.5 Å². The fourth-order valence-electron chi connectivity index (χ4n) is 5.45. The summed E-state index contributed by atoms with van der Waals surface area (Å²) in [5.41, 5.74) is 2.71. The number of rotatable bonds is 6. The molecular formula is C27H27ClN6O5S2. The van der Waals surface area contributed by atoms with Crippen LogP contribution in [0.3, 0.4) is 0 Å². The number of anilines is 1. The Balaban J connectivity index is 1.45. The van der Waals surface area contributed by atoms with Gasteiger partial charge in [0.1, 0.15) is 17.4 Å². The van der Waals surface area contributed by atoms with E-state index in [0.717, 1.165) is 16.9 Å². The van der Waals surface area contributed by atoms with Gasteiger partial charge in [0, 0.05) is 28.9 Å². The van der Waals surface area contributed by atoms with E-state index in [0.29, 0.717) is 76.2 Å². The van der Waals surface area contributed by atoms with Gasteiger partial charge in [0.25, 0.3) is 5.56 Å². The molecule has 14 heteroatoms. The molecular weight excluding hydrogens is 588 g/mol. The van der Waals surface area contributed by atoms with Crippen LogP contribution in [0.5, 0.6) is 0 Å². The van der Waals surface area contributed by atoms with Crippen LogP contribution in [0.25, 0.3) is 21.5 Å². The minimum Gasteiger partial charge on any atom is -0.447 e. The fourth-order valence-corrected chi connectivity index (χ4v) is 7.56. The van der Waals surface area contributed by atoms with Crippen molar-refractivity contribution in [1.82, 2.24) is 19.4 Å². The molecule has 6 rings (SSSR count). The Morgan fingerprint density at radius 3 is 2.63 bits per heavy atom. The van der Waals surface area contributed by atoms with Gasteiger partial charge in [0.15, 0.2) is 4.21 Å². The third-order valence-corrected chi connectivity index (χ3v) is 10.5. The second-order valence-electron chi connectivity index (χ2n) is 10.3. The molecule has 0 radical (unpaired) electrons. The van der Waals surface area contributed by atoms with E-state index in [2.05, 4.69) is 10.3 Å². The van der Waals surface area contributed by atoms with Gasteiger partial charge < -0.3 is 15.0 Å². The van der Waals surface area contributed by atoms with Crippen molar-refractivity contribution in [3.63, 3.8) is 0 Å². The van der Waals surface area contributed by atoms with Crippen molar-refractivity contribution in [2.24, 2.45) is 5.14 Å². The fraction of sp³-hybridized carbons (Fsp3) is 0.333. The molecule has 41 heavy (non-hydrogen) atoms. The SMILES string of the molecule is Cc1nc(-c2cc3nc(C)n(Cc4ccc(Cl)cc4)c(=O)c3cc2N[C@H]2CCN3C(=O)OC[C@@H]3C2)sc1S(N)(=O)=O. The van der Waals surface area contributed by atoms with Crippen molar-refractivity contribution in [1.29, 1.82) is 0 Å². The molecule has 0 unspecified atom stereocenters. The summed E-state index contributed by atoms with van der Waals surface area (Å²) in [5.74, 6) is 0.530. The number of cyclic esters (lactones) is 1. The number of halogens is 1. The molecule has 214 valence electrons. The van der Waals surface area contributed by atoms with Crippen molar-refractivity contribution >= 4 is 55.6 Å². The number of aromatic nitrogens is 3. The number of amides is 1. The van der Waals surface area contributed by atoms with Crippen LogP contribution in [0.1, 0.15) is 29.9 Å². The predicted octanol–water partition coefficient (Wildman–Crippen LogP) is 3.88. The van der Waals surface area contributed by atoms with Gasteiger partial charge in [-0.1, -0.05) is 23.7 Å². The van der Waals surface area contributed by atoms with Crippen molar-refractivity contribution in [2.75, 3.05) is 18.5 Å². The molecule has 2 aromatic carbocycles. The Hall–Kier alpha value is -3.52. The molecule has 2 aromatic heterocycles. The molecule has 2 fully saturated rings. The second-order valence-corrected chi connectivity index (χ2v) is 13.5. The van der Waals surface area contributed by atoms with E-state index in [1.54, 1.807) is 47.6 Å². The molecule has 1 amide bonds. The lowest BCUT2D eigenvalue weighted by molar-refractivity contribution is 0.153. The first-order valence-electron chi connectivity index (χ1n) is 13.0. The number of carbonyl (C=O) groups is 1. The third-order valence-electron chi connectivity index (χ3n) is 7.49. The van der Waals surface area contributed by atoms with Gasteiger partial charge in [-0.25, -0.2) is 28.3 Å². The van der Waals surface area contributed by atoms with Crippen LogP contribution in [0.15, 0.2) is 45.4 Å². The molecule has 4 heterocycles. The number of nitrogens with two attached hydrogens (primary N) is 1. The molecule has 0 aliphatic carbocycles. The molecule has 11 nitrogen and oxygen atoms in total. The van der Waals surface area contributed by atoms with Gasteiger partial charge >= 0.3 is 6.09 Å². The van der Waals surface area contributed by atoms with Crippen molar-refractivity contribution < 1.29 is 17.9 Å². The summed E-state index contributed by atoms with van der Waals surface area (Å²) in [6, 6.07) is 10.8. The largest absolute Gasteiger partial charge is 0.447 e.